The number of carbonyl (C=O) groups excluding carboxylic acids is 3. The van der Waals surface area contributed by atoms with E-state index in [1.54, 1.807) is 38.1 Å². The fraction of sp³-hybridized carbons (Fsp3) is 0.400. The summed E-state index contributed by atoms with van der Waals surface area (Å²) in [5, 5.41) is 2.23. The molecule has 1 unspecified atom stereocenters. The molecule has 1 aliphatic rings. The second kappa shape index (κ2) is 5.95. The molecule has 1 aliphatic heterocycles. The lowest BCUT2D eigenvalue weighted by atomic mass is 9.92. The number of nitrogens with one attached hydrogen (secondary N) is 1. The predicted molar refractivity (Wildman–Crippen MR) is 77.0 cm³/mol. The minimum absolute atomic E-state index is 0.202. The van der Waals surface area contributed by atoms with Crippen molar-refractivity contribution >= 4 is 23.5 Å². The Kier molecular flexibility index (Phi) is 4.26. The van der Waals surface area contributed by atoms with Gasteiger partial charge in [-0.15, -0.1) is 0 Å². The molecular formula is C15H18N2O4. The van der Waals surface area contributed by atoms with Crippen molar-refractivity contribution in [1.82, 2.24) is 5.32 Å². The maximum atomic E-state index is 12.5. The maximum absolute atomic E-state index is 12.5. The molecule has 1 saturated heterocycles. The number of barbiturate groups is 1. The van der Waals surface area contributed by atoms with Gasteiger partial charge in [0.25, 0.3) is 0 Å². The van der Waals surface area contributed by atoms with Gasteiger partial charge in [0.15, 0.2) is 0 Å². The molecule has 1 aromatic rings. The second-order valence-electron chi connectivity index (χ2n) is 5.09. The van der Waals surface area contributed by atoms with Gasteiger partial charge in [-0.05, 0) is 25.0 Å². The quantitative estimate of drug-likeness (QED) is 0.860. The third kappa shape index (κ3) is 2.74. The van der Waals surface area contributed by atoms with E-state index in [4.69, 9.17) is 4.74 Å². The zero-order valence-electron chi connectivity index (χ0n) is 12.3. The second-order valence-corrected chi connectivity index (χ2v) is 5.09. The smallest absolute Gasteiger partial charge is 0.335 e. The van der Waals surface area contributed by atoms with Gasteiger partial charge in [-0.1, -0.05) is 26.0 Å². The van der Waals surface area contributed by atoms with E-state index in [2.05, 4.69) is 5.32 Å². The van der Waals surface area contributed by atoms with Crippen molar-refractivity contribution in [2.45, 2.75) is 20.8 Å². The van der Waals surface area contributed by atoms with Gasteiger partial charge in [-0.25, -0.2) is 9.69 Å². The van der Waals surface area contributed by atoms with E-state index in [-0.39, 0.29) is 5.92 Å². The number of anilines is 1. The molecule has 0 radical (unpaired) electrons. The average Bonchev–Trinajstić information content (AvgIpc) is 2.39. The first-order valence-corrected chi connectivity index (χ1v) is 6.88. The molecule has 1 atom stereocenters. The van der Waals surface area contributed by atoms with Crippen LogP contribution >= 0.6 is 0 Å². The Morgan fingerprint density at radius 1 is 1.24 bits per heavy atom. The molecule has 1 heterocycles. The molecule has 1 aromatic carbocycles. The summed E-state index contributed by atoms with van der Waals surface area (Å²) in [6, 6.07) is 6.02. The van der Waals surface area contributed by atoms with Crippen molar-refractivity contribution in [2.75, 3.05) is 11.5 Å². The van der Waals surface area contributed by atoms with Crippen molar-refractivity contribution in [1.29, 1.82) is 0 Å². The van der Waals surface area contributed by atoms with Crippen molar-refractivity contribution in [3.05, 3.63) is 24.3 Å². The number of hydrogen-bond acceptors (Lipinski definition) is 4. The van der Waals surface area contributed by atoms with Crippen LogP contribution in [0.25, 0.3) is 0 Å². The molecular weight excluding hydrogens is 272 g/mol. The number of urea groups is 1. The van der Waals surface area contributed by atoms with Gasteiger partial charge in [0.05, 0.1) is 12.3 Å². The highest BCUT2D eigenvalue weighted by Gasteiger charge is 2.43. The fourth-order valence-electron chi connectivity index (χ4n) is 2.33. The van der Waals surface area contributed by atoms with Crippen LogP contribution in [0.4, 0.5) is 10.5 Å². The van der Waals surface area contributed by atoms with Crippen molar-refractivity contribution in [3.63, 3.8) is 0 Å². The summed E-state index contributed by atoms with van der Waals surface area (Å²) in [6.45, 7) is 5.76. The fourth-order valence-corrected chi connectivity index (χ4v) is 2.33. The van der Waals surface area contributed by atoms with E-state index in [9.17, 15) is 14.4 Å². The molecule has 0 aliphatic carbocycles. The molecule has 6 heteroatoms. The number of amides is 4. The van der Waals surface area contributed by atoms with Gasteiger partial charge in [-0.3, -0.25) is 14.9 Å². The summed E-state index contributed by atoms with van der Waals surface area (Å²) >= 11 is 0. The Labute approximate surface area is 123 Å². The van der Waals surface area contributed by atoms with Gasteiger partial charge in [0.1, 0.15) is 11.7 Å². The number of ether oxygens (including phenoxy) is 1. The largest absolute Gasteiger partial charge is 0.492 e. The average molecular weight is 290 g/mol. The number of imide groups is 2. The normalized spacial score (nSPS) is 19.0. The van der Waals surface area contributed by atoms with E-state index < -0.39 is 23.8 Å². The molecule has 0 bridgehead atoms. The van der Waals surface area contributed by atoms with Crippen LogP contribution in [0.15, 0.2) is 24.3 Å². The van der Waals surface area contributed by atoms with Crippen LogP contribution in [-0.2, 0) is 9.59 Å². The Balaban J connectivity index is 2.44. The van der Waals surface area contributed by atoms with E-state index in [0.717, 1.165) is 4.90 Å². The summed E-state index contributed by atoms with van der Waals surface area (Å²) in [6.07, 6.45) is 0. The van der Waals surface area contributed by atoms with Crippen LogP contribution in [0, 0.1) is 11.8 Å². The highest BCUT2D eigenvalue weighted by molar-refractivity contribution is 6.28. The molecule has 1 fully saturated rings. The summed E-state index contributed by atoms with van der Waals surface area (Å²) in [4.78, 5) is 37.4. The number of carbonyl (C=O) groups is 3. The SMILES string of the molecule is CCOc1ccccc1N1C(=O)NC(=O)C(C(C)C)C1=O. The Bertz CT molecular complexity index is 583. The first kappa shape index (κ1) is 15.0. The molecule has 2 rings (SSSR count). The summed E-state index contributed by atoms with van der Waals surface area (Å²) in [7, 11) is 0. The monoisotopic (exact) mass is 290 g/mol. The number of benzene rings is 1. The van der Waals surface area contributed by atoms with Gasteiger partial charge in [0, 0.05) is 0 Å². The van der Waals surface area contributed by atoms with Gasteiger partial charge >= 0.3 is 6.03 Å². The zero-order chi connectivity index (χ0) is 15.6. The number of rotatable bonds is 4. The number of para-hydroxylation sites is 2. The number of hydrogen-bond donors (Lipinski definition) is 1. The molecule has 1 N–H and O–H groups in total. The van der Waals surface area contributed by atoms with Crippen LogP contribution in [-0.4, -0.2) is 24.5 Å². The standard InChI is InChI=1S/C15H18N2O4/c1-4-21-11-8-6-5-7-10(11)17-14(19)12(9(2)3)13(18)16-15(17)20/h5-9,12H,4H2,1-3H3,(H,16,18,20). The minimum Gasteiger partial charge on any atom is -0.492 e. The maximum Gasteiger partial charge on any atom is 0.335 e. The lowest BCUT2D eigenvalue weighted by Crippen LogP contribution is -2.59. The highest BCUT2D eigenvalue weighted by Crippen LogP contribution is 2.32. The summed E-state index contributed by atoms with van der Waals surface area (Å²) in [5.41, 5.74) is 0.347. The molecule has 0 saturated carbocycles. The zero-order valence-corrected chi connectivity index (χ0v) is 12.3. The van der Waals surface area contributed by atoms with Crippen LogP contribution in [0.3, 0.4) is 0 Å². The summed E-state index contributed by atoms with van der Waals surface area (Å²) < 4.78 is 5.45. The third-order valence-electron chi connectivity index (χ3n) is 3.27. The van der Waals surface area contributed by atoms with Crippen LogP contribution in [0.2, 0.25) is 0 Å². The van der Waals surface area contributed by atoms with E-state index >= 15 is 0 Å². The van der Waals surface area contributed by atoms with E-state index in [1.165, 1.54) is 0 Å². The van der Waals surface area contributed by atoms with Gasteiger partial charge in [-0.2, -0.15) is 0 Å². The number of nitrogens with zero attached hydrogens (tertiary/aromatic N) is 1. The van der Waals surface area contributed by atoms with E-state index in [1.807, 2.05) is 6.92 Å². The van der Waals surface area contributed by atoms with Gasteiger partial charge < -0.3 is 4.74 Å². The van der Waals surface area contributed by atoms with Crippen LogP contribution < -0.4 is 15.0 Å². The van der Waals surface area contributed by atoms with Crippen LogP contribution in [0.1, 0.15) is 20.8 Å². The molecule has 0 aromatic heterocycles. The molecule has 0 spiro atoms. The Morgan fingerprint density at radius 3 is 2.52 bits per heavy atom. The Morgan fingerprint density at radius 2 is 1.90 bits per heavy atom. The first-order chi connectivity index (χ1) is 9.97. The van der Waals surface area contributed by atoms with Crippen LogP contribution in [0.5, 0.6) is 5.75 Å². The van der Waals surface area contributed by atoms with Gasteiger partial charge in [0.2, 0.25) is 11.8 Å². The molecule has 21 heavy (non-hydrogen) atoms. The van der Waals surface area contributed by atoms with E-state index in [0.29, 0.717) is 18.0 Å². The third-order valence-corrected chi connectivity index (χ3v) is 3.27. The van der Waals surface area contributed by atoms with Crippen molar-refractivity contribution in [3.8, 4) is 5.75 Å². The first-order valence-electron chi connectivity index (χ1n) is 6.88. The molecule has 112 valence electrons. The highest BCUT2D eigenvalue weighted by atomic mass is 16.5. The van der Waals surface area contributed by atoms with Crippen molar-refractivity contribution in [2.24, 2.45) is 11.8 Å². The lowest BCUT2D eigenvalue weighted by molar-refractivity contribution is -0.136. The minimum atomic E-state index is -0.877. The van der Waals surface area contributed by atoms with Crippen molar-refractivity contribution < 1.29 is 19.1 Å². The summed E-state index contributed by atoms with van der Waals surface area (Å²) in [5.74, 6) is -1.72. The Hall–Kier alpha value is -2.37. The topological polar surface area (TPSA) is 75.7 Å². The molecule has 6 nitrogen and oxygen atoms in total. The molecule has 4 amide bonds. The lowest BCUT2D eigenvalue weighted by Gasteiger charge is -2.32. The predicted octanol–water partition coefficient (Wildman–Crippen LogP) is 1.94.